The predicted molar refractivity (Wildman–Crippen MR) is 95.8 cm³/mol. The molecule has 3 aromatic carbocycles. The molecule has 3 rings (SSSR count). The van der Waals surface area contributed by atoms with Gasteiger partial charge in [-0.3, -0.25) is 0 Å². The zero-order valence-electron chi connectivity index (χ0n) is 14.2. The van der Waals surface area contributed by atoms with Crippen LogP contribution >= 0.6 is 0 Å². The number of benzene rings is 3. The lowest BCUT2D eigenvalue weighted by atomic mass is 9.95. The van der Waals surface area contributed by atoms with Crippen LogP contribution in [0.5, 0.6) is 5.75 Å². The Kier molecular flexibility index (Phi) is 4.60. The Hall–Kier alpha value is -2.28. The molecule has 0 aromatic heterocycles. The van der Waals surface area contributed by atoms with Crippen LogP contribution in [0, 0.1) is 0 Å². The third-order valence-corrected chi connectivity index (χ3v) is 5.35. The highest BCUT2D eigenvalue weighted by Gasteiger charge is 2.48. The molecule has 0 N–H and O–H groups in total. The van der Waals surface area contributed by atoms with E-state index in [1.807, 2.05) is 38.1 Å². The van der Waals surface area contributed by atoms with Crippen LogP contribution in [-0.2, 0) is 23.0 Å². The summed E-state index contributed by atoms with van der Waals surface area (Å²) in [5.41, 5.74) is -3.71. The summed E-state index contributed by atoms with van der Waals surface area (Å²) >= 11 is 0. The van der Waals surface area contributed by atoms with E-state index >= 15 is 0 Å². The highest BCUT2D eigenvalue weighted by atomic mass is 32.2. The van der Waals surface area contributed by atoms with Crippen molar-refractivity contribution in [2.75, 3.05) is 0 Å². The quantitative estimate of drug-likeness (QED) is 0.347. The van der Waals surface area contributed by atoms with Crippen molar-refractivity contribution in [2.24, 2.45) is 0 Å². The Morgan fingerprint density at radius 1 is 0.885 bits per heavy atom. The summed E-state index contributed by atoms with van der Waals surface area (Å²) in [4.78, 5) is 0. The Balaban J connectivity index is 2.38. The second-order valence-electron chi connectivity index (χ2n) is 5.96. The minimum Gasteiger partial charge on any atom is -0.375 e. The molecule has 0 amide bonds. The summed E-state index contributed by atoms with van der Waals surface area (Å²) in [6.45, 7) is 3.83. The summed E-state index contributed by atoms with van der Waals surface area (Å²) in [6, 6.07) is 12.3. The summed E-state index contributed by atoms with van der Waals surface area (Å²) in [5.74, 6) is -0.305. The first-order valence-corrected chi connectivity index (χ1v) is 9.56. The van der Waals surface area contributed by atoms with Crippen LogP contribution in [-0.4, -0.2) is 13.9 Å². The van der Waals surface area contributed by atoms with Gasteiger partial charge in [0.1, 0.15) is 0 Å². The number of hydrogen-bond donors (Lipinski definition) is 0. The fourth-order valence-corrected chi connectivity index (χ4v) is 3.49. The topological polar surface area (TPSA) is 43.4 Å². The zero-order chi connectivity index (χ0) is 19.1. The highest BCUT2D eigenvalue weighted by Crippen LogP contribution is 2.38. The molecule has 138 valence electrons. The summed E-state index contributed by atoms with van der Waals surface area (Å²) in [6.07, 6.45) is 1.32. The lowest BCUT2D eigenvalue weighted by molar-refractivity contribution is -0.0499. The van der Waals surface area contributed by atoms with E-state index in [2.05, 4.69) is 4.18 Å². The van der Waals surface area contributed by atoms with Gasteiger partial charge in [0.25, 0.3) is 0 Å². The normalized spacial score (nSPS) is 12.7. The van der Waals surface area contributed by atoms with Crippen molar-refractivity contribution < 1.29 is 25.8 Å². The first kappa shape index (κ1) is 18.5. The van der Waals surface area contributed by atoms with Crippen molar-refractivity contribution in [3.63, 3.8) is 0 Å². The molecule has 0 atom stereocenters. The van der Waals surface area contributed by atoms with Gasteiger partial charge in [0.15, 0.2) is 5.75 Å². The second-order valence-corrected chi connectivity index (χ2v) is 7.50. The minimum atomic E-state index is -5.75. The summed E-state index contributed by atoms with van der Waals surface area (Å²) < 4.78 is 66.1. The van der Waals surface area contributed by atoms with Crippen molar-refractivity contribution >= 4 is 31.7 Å². The molecule has 0 aliphatic rings. The lowest BCUT2D eigenvalue weighted by Crippen LogP contribution is -2.28. The maximum Gasteiger partial charge on any atom is 0.534 e. The summed E-state index contributed by atoms with van der Waals surface area (Å²) in [7, 11) is -5.75. The molecule has 0 radical (unpaired) electrons. The van der Waals surface area contributed by atoms with Crippen LogP contribution < -0.4 is 4.18 Å². The standard InChI is InChI=1S/C19H17F3O3S/c1-3-12-8-9-15-14-7-5-6-13(4-2)16(14)11-18(17(15)10-12)25-26(23,24)19(20,21)22/h5-11H,3-4H2,1-2H3. The number of halogens is 3. The van der Waals surface area contributed by atoms with Crippen LogP contribution in [0.1, 0.15) is 25.0 Å². The van der Waals surface area contributed by atoms with E-state index in [9.17, 15) is 21.6 Å². The molecule has 3 nitrogen and oxygen atoms in total. The molecule has 0 aliphatic carbocycles. The molecule has 0 bridgehead atoms. The highest BCUT2D eigenvalue weighted by molar-refractivity contribution is 7.88. The second kappa shape index (κ2) is 6.46. The van der Waals surface area contributed by atoms with Crippen molar-refractivity contribution in [1.29, 1.82) is 0 Å². The van der Waals surface area contributed by atoms with Crippen LogP contribution in [0.15, 0.2) is 42.5 Å². The van der Waals surface area contributed by atoms with E-state index in [1.165, 1.54) is 6.07 Å². The molecule has 7 heteroatoms. The molecule has 0 saturated heterocycles. The molecule has 26 heavy (non-hydrogen) atoms. The Labute approximate surface area is 149 Å². The van der Waals surface area contributed by atoms with Gasteiger partial charge in [-0.25, -0.2) is 0 Å². The van der Waals surface area contributed by atoms with Crippen molar-refractivity contribution in [2.45, 2.75) is 32.2 Å². The number of fused-ring (bicyclic) bond motifs is 3. The number of aryl methyl sites for hydroxylation is 2. The van der Waals surface area contributed by atoms with E-state index in [4.69, 9.17) is 0 Å². The third kappa shape index (κ3) is 3.11. The minimum absolute atomic E-state index is 0.305. The zero-order valence-corrected chi connectivity index (χ0v) is 15.0. The number of alkyl halides is 3. The largest absolute Gasteiger partial charge is 0.534 e. The molecule has 0 spiro atoms. The Morgan fingerprint density at radius 2 is 1.58 bits per heavy atom. The smallest absolute Gasteiger partial charge is 0.375 e. The Bertz CT molecular complexity index is 1090. The van der Waals surface area contributed by atoms with E-state index in [1.54, 1.807) is 12.1 Å². The molecule has 0 heterocycles. The first-order valence-electron chi connectivity index (χ1n) is 8.16. The molecule has 0 saturated carbocycles. The average Bonchev–Trinajstić information content (AvgIpc) is 2.59. The number of rotatable bonds is 4. The van der Waals surface area contributed by atoms with Gasteiger partial charge in [0.05, 0.1) is 0 Å². The van der Waals surface area contributed by atoms with Gasteiger partial charge in [0, 0.05) is 5.39 Å². The van der Waals surface area contributed by atoms with E-state index in [-0.39, 0.29) is 5.75 Å². The summed E-state index contributed by atoms with van der Waals surface area (Å²) in [5, 5.41) is 2.53. The van der Waals surface area contributed by atoms with Crippen LogP contribution in [0.25, 0.3) is 21.5 Å². The fourth-order valence-electron chi connectivity index (χ4n) is 3.02. The molecular formula is C19H17F3O3S. The molecular weight excluding hydrogens is 365 g/mol. The van der Waals surface area contributed by atoms with Gasteiger partial charge < -0.3 is 4.18 Å². The SMILES string of the molecule is CCc1ccc2c(c1)c(OS(=O)(=O)C(F)(F)F)cc1c(CC)cccc12. The van der Waals surface area contributed by atoms with Crippen molar-refractivity contribution in [1.82, 2.24) is 0 Å². The lowest BCUT2D eigenvalue weighted by Gasteiger charge is -2.15. The van der Waals surface area contributed by atoms with Gasteiger partial charge >= 0.3 is 15.6 Å². The van der Waals surface area contributed by atoms with Crippen LogP contribution in [0.2, 0.25) is 0 Å². The van der Waals surface area contributed by atoms with Crippen LogP contribution in [0.3, 0.4) is 0 Å². The van der Waals surface area contributed by atoms with Crippen molar-refractivity contribution in [3.8, 4) is 5.75 Å². The van der Waals surface area contributed by atoms with Gasteiger partial charge in [-0.2, -0.15) is 21.6 Å². The van der Waals surface area contributed by atoms with Gasteiger partial charge in [-0.1, -0.05) is 44.2 Å². The van der Waals surface area contributed by atoms with Crippen LogP contribution in [0.4, 0.5) is 13.2 Å². The van der Waals surface area contributed by atoms with Crippen molar-refractivity contribution in [3.05, 3.63) is 53.6 Å². The molecule has 3 aromatic rings. The van der Waals surface area contributed by atoms with Gasteiger partial charge in [0.2, 0.25) is 0 Å². The van der Waals surface area contributed by atoms with Gasteiger partial charge in [-0.05, 0) is 52.3 Å². The average molecular weight is 382 g/mol. The Morgan fingerprint density at radius 3 is 2.19 bits per heavy atom. The van der Waals surface area contributed by atoms with Gasteiger partial charge in [-0.15, -0.1) is 0 Å². The van der Waals surface area contributed by atoms with E-state index in [0.29, 0.717) is 29.0 Å². The maximum absolute atomic E-state index is 12.8. The van der Waals surface area contributed by atoms with E-state index < -0.39 is 15.6 Å². The molecule has 0 aliphatic heterocycles. The fraction of sp³-hybridized carbons (Fsp3) is 0.263. The monoisotopic (exact) mass is 382 g/mol. The maximum atomic E-state index is 12.8. The van der Waals surface area contributed by atoms with E-state index in [0.717, 1.165) is 16.5 Å². The molecule has 0 fully saturated rings. The number of hydrogen-bond acceptors (Lipinski definition) is 3. The molecule has 0 unspecified atom stereocenters. The third-order valence-electron chi connectivity index (χ3n) is 4.38. The predicted octanol–water partition coefficient (Wildman–Crippen LogP) is 5.35. The first-order chi connectivity index (χ1) is 12.2.